The van der Waals surface area contributed by atoms with Gasteiger partial charge in [0, 0.05) is 17.4 Å². The number of ether oxygens (including phenoxy) is 1. The quantitative estimate of drug-likeness (QED) is 0.633. The molecule has 0 fully saturated rings. The first-order chi connectivity index (χ1) is 11.5. The number of nitrogens with one attached hydrogen (secondary N) is 1. The molecule has 0 atom stereocenters. The van der Waals surface area contributed by atoms with Crippen LogP contribution in [0.5, 0.6) is 5.75 Å². The van der Waals surface area contributed by atoms with E-state index >= 15 is 0 Å². The molecule has 0 bridgehead atoms. The fourth-order valence-corrected chi connectivity index (χ4v) is 2.36. The molecule has 0 aliphatic heterocycles. The molecule has 2 N–H and O–H groups in total. The Hall–Kier alpha value is -2.28. The topological polar surface area (TPSA) is 88.8 Å². The molecule has 0 aliphatic carbocycles. The van der Waals surface area contributed by atoms with Crippen LogP contribution in [0.3, 0.4) is 0 Å². The first-order valence-corrected chi connectivity index (χ1v) is 8.31. The third-order valence-corrected chi connectivity index (χ3v) is 3.66. The van der Waals surface area contributed by atoms with Crippen LogP contribution in [0, 0.1) is 0 Å². The summed E-state index contributed by atoms with van der Waals surface area (Å²) < 4.78 is 12.0. The molecule has 1 amide bonds. The molecule has 1 aromatic heterocycles. The Labute approximate surface area is 147 Å². The van der Waals surface area contributed by atoms with E-state index in [2.05, 4.69) is 21.2 Å². The first kappa shape index (κ1) is 18.1. The number of rotatable bonds is 9. The normalized spacial score (nSPS) is 10.4. The largest absolute Gasteiger partial charge is 0.486 e. The highest BCUT2D eigenvalue weighted by Crippen LogP contribution is 2.19. The standard InChI is InChI=1S/C17H18BrNO5/c18-12-4-3-5-13(10-12)23-11-14-7-8-15(24-14)17(22)19-9-2-1-6-16(20)21/h3-5,7-8,10H,1-2,6,9,11H2,(H,19,22)(H,20,21). The van der Waals surface area contributed by atoms with Crippen LogP contribution in [-0.2, 0) is 11.4 Å². The Morgan fingerprint density at radius 2 is 2.04 bits per heavy atom. The van der Waals surface area contributed by atoms with Gasteiger partial charge in [-0.05, 0) is 43.2 Å². The Morgan fingerprint density at radius 1 is 1.21 bits per heavy atom. The van der Waals surface area contributed by atoms with Crippen molar-refractivity contribution < 1.29 is 23.8 Å². The highest BCUT2D eigenvalue weighted by atomic mass is 79.9. The lowest BCUT2D eigenvalue weighted by Crippen LogP contribution is -2.24. The van der Waals surface area contributed by atoms with Crippen molar-refractivity contribution in [1.29, 1.82) is 0 Å². The summed E-state index contributed by atoms with van der Waals surface area (Å²) >= 11 is 3.37. The van der Waals surface area contributed by atoms with E-state index in [1.165, 1.54) is 0 Å². The Bertz CT molecular complexity index is 698. The molecule has 0 saturated carbocycles. The zero-order chi connectivity index (χ0) is 17.4. The predicted molar refractivity (Wildman–Crippen MR) is 91.0 cm³/mol. The van der Waals surface area contributed by atoms with Gasteiger partial charge in [-0.3, -0.25) is 9.59 Å². The SMILES string of the molecule is O=C(O)CCCCNC(=O)c1ccc(COc2cccc(Br)c2)o1. The van der Waals surface area contributed by atoms with E-state index in [1.54, 1.807) is 12.1 Å². The molecule has 0 aliphatic rings. The van der Waals surface area contributed by atoms with Crippen molar-refractivity contribution in [3.8, 4) is 5.75 Å². The summed E-state index contributed by atoms with van der Waals surface area (Å²) in [7, 11) is 0. The second kappa shape index (κ2) is 9.12. The van der Waals surface area contributed by atoms with Gasteiger partial charge in [0.15, 0.2) is 5.76 Å². The number of aliphatic carboxylic acids is 1. The predicted octanol–water partition coefficient (Wildman–Crippen LogP) is 3.61. The number of unbranched alkanes of at least 4 members (excludes halogenated alkanes) is 1. The van der Waals surface area contributed by atoms with Crippen molar-refractivity contribution >= 4 is 27.8 Å². The molecule has 24 heavy (non-hydrogen) atoms. The smallest absolute Gasteiger partial charge is 0.303 e. The molecule has 1 aromatic carbocycles. The lowest BCUT2D eigenvalue weighted by molar-refractivity contribution is -0.137. The Morgan fingerprint density at radius 3 is 2.79 bits per heavy atom. The van der Waals surface area contributed by atoms with Crippen LogP contribution in [0.25, 0.3) is 0 Å². The second-order valence-corrected chi connectivity index (χ2v) is 6.03. The maximum Gasteiger partial charge on any atom is 0.303 e. The number of furan rings is 1. The number of carbonyl (C=O) groups is 2. The minimum Gasteiger partial charge on any atom is -0.486 e. The van der Waals surface area contributed by atoms with E-state index < -0.39 is 5.97 Å². The molecule has 0 saturated heterocycles. The molecule has 0 radical (unpaired) electrons. The van der Waals surface area contributed by atoms with Gasteiger partial charge >= 0.3 is 5.97 Å². The van der Waals surface area contributed by atoms with Crippen LogP contribution in [0.1, 0.15) is 35.6 Å². The van der Waals surface area contributed by atoms with Gasteiger partial charge in [0.05, 0.1) is 0 Å². The maximum absolute atomic E-state index is 11.9. The number of carboxylic acid groups (broad SMARTS) is 1. The van der Waals surface area contributed by atoms with Crippen molar-refractivity contribution in [1.82, 2.24) is 5.32 Å². The fraction of sp³-hybridized carbons (Fsp3) is 0.294. The summed E-state index contributed by atoms with van der Waals surface area (Å²) in [6.45, 7) is 0.638. The number of hydrogen-bond acceptors (Lipinski definition) is 4. The number of carboxylic acids is 1. The molecule has 1 heterocycles. The maximum atomic E-state index is 11.9. The molecule has 2 rings (SSSR count). The van der Waals surface area contributed by atoms with Crippen LogP contribution >= 0.6 is 15.9 Å². The number of carbonyl (C=O) groups excluding carboxylic acids is 1. The number of amides is 1. The zero-order valence-corrected chi connectivity index (χ0v) is 14.5. The van der Waals surface area contributed by atoms with Crippen molar-refractivity contribution in [2.45, 2.75) is 25.9 Å². The van der Waals surface area contributed by atoms with Crippen molar-refractivity contribution in [2.75, 3.05) is 6.54 Å². The molecule has 7 heteroatoms. The molecule has 128 valence electrons. The van der Waals surface area contributed by atoms with Gasteiger partial charge in [0.2, 0.25) is 0 Å². The minimum atomic E-state index is -0.831. The van der Waals surface area contributed by atoms with E-state index in [9.17, 15) is 9.59 Å². The summed E-state index contributed by atoms with van der Waals surface area (Å²) in [6, 6.07) is 10.7. The van der Waals surface area contributed by atoms with Crippen LogP contribution < -0.4 is 10.1 Å². The lowest BCUT2D eigenvalue weighted by atomic mass is 10.2. The molecule has 0 spiro atoms. The van der Waals surface area contributed by atoms with Gasteiger partial charge in [-0.1, -0.05) is 22.0 Å². The van der Waals surface area contributed by atoms with Gasteiger partial charge in [-0.2, -0.15) is 0 Å². The number of halogens is 1. The lowest BCUT2D eigenvalue weighted by Gasteiger charge is -2.04. The van der Waals surface area contributed by atoms with Crippen molar-refractivity contribution in [2.24, 2.45) is 0 Å². The third-order valence-electron chi connectivity index (χ3n) is 3.17. The monoisotopic (exact) mass is 395 g/mol. The van der Waals surface area contributed by atoms with Crippen LogP contribution in [-0.4, -0.2) is 23.5 Å². The summed E-state index contributed by atoms with van der Waals surface area (Å²) in [5, 5.41) is 11.2. The van der Waals surface area contributed by atoms with E-state index in [1.807, 2.05) is 24.3 Å². The van der Waals surface area contributed by atoms with Crippen LogP contribution in [0.15, 0.2) is 45.3 Å². The molecule has 2 aromatic rings. The highest BCUT2D eigenvalue weighted by Gasteiger charge is 2.11. The van der Waals surface area contributed by atoms with Crippen molar-refractivity contribution in [3.05, 3.63) is 52.4 Å². The zero-order valence-electron chi connectivity index (χ0n) is 13.0. The van der Waals surface area contributed by atoms with Crippen molar-refractivity contribution in [3.63, 3.8) is 0 Å². The summed E-state index contributed by atoms with van der Waals surface area (Å²) in [4.78, 5) is 22.3. The van der Waals surface area contributed by atoms with Gasteiger partial charge < -0.3 is 19.6 Å². The van der Waals surface area contributed by atoms with E-state index in [-0.39, 0.29) is 24.7 Å². The fourth-order valence-electron chi connectivity index (χ4n) is 1.98. The molecule has 6 nitrogen and oxygen atoms in total. The summed E-state index contributed by atoms with van der Waals surface area (Å²) in [6.07, 6.45) is 1.24. The van der Waals surface area contributed by atoms with Crippen LogP contribution in [0.2, 0.25) is 0 Å². The highest BCUT2D eigenvalue weighted by molar-refractivity contribution is 9.10. The third kappa shape index (κ3) is 6.08. The summed E-state index contributed by atoms with van der Waals surface area (Å²) in [5.41, 5.74) is 0. The van der Waals surface area contributed by atoms with Gasteiger partial charge in [0.1, 0.15) is 18.1 Å². The van der Waals surface area contributed by atoms with E-state index in [4.69, 9.17) is 14.3 Å². The van der Waals surface area contributed by atoms with E-state index in [0.717, 1.165) is 4.47 Å². The minimum absolute atomic E-state index is 0.105. The molecule has 0 unspecified atom stereocenters. The Balaban J connectivity index is 1.75. The van der Waals surface area contributed by atoms with Gasteiger partial charge in [0.25, 0.3) is 5.91 Å². The molecular weight excluding hydrogens is 378 g/mol. The average Bonchev–Trinajstić information content (AvgIpc) is 3.01. The Kier molecular flexibility index (Phi) is 6.87. The van der Waals surface area contributed by atoms with Crippen LogP contribution in [0.4, 0.5) is 0 Å². The molecular formula is C17H18BrNO5. The second-order valence-electron chi connectivity index (χ2n) is 5.12. The summed E-state index contributed by atoms with van der Waals surface area (Å²) in [5.74, 6) is 0.304. The van der Waals surface area contributed by atoms with E-state index in [0.29, 0.717) is 30.9 Å². The number of hydrogen-bond donors (Lipinski definition) is 2. The van der Waals surface area contributed by atoms with Gasteiger partial charge in [-0.25, -0.2) is 0 Å². The van der Waals surface area contributed by atoms with Gasteiger partial charge in [-0.15, -0.1) is 0 Å². The first-order valence-electron chi connectivity index (χ1n) is 7.51. The average molecular weight is 396 g/mol. The number of benzene rings is 1.